The third kappa shape index (κ3) is 3.47. The van der Waals surface area contributed by atoms with Crippen LogP contribution in [0.4, 0.5) is 23.4 Å². The number of hydrazine groups is 1. The van der Waals surface area contributed by atoms with Gasteiger partial charge in [0, 0.05) is 23.9 Å². The number of pyridine rings is 1. The Bertz CT molecular complexity index is 870. The molecule has 3 rings (SSSR count). The Morgan fingerprint density at radius 1 is 1.27 bits per heavy atom. The second-order valence-corrected chi connectivity index (χ2v) is 6.09. The molecule has 9 heteroatoms. The monoisotopic (exact) mass is 387 g/mol. The highest BCUT2D eigenvalue weighted by Gasteiger charge is 2.33. The zero-order valence-electron chi connectivity index (χ0n) is 13.7. The Morgan fingerprint density at radius 2 is 2.00 bits per heavy atom. The lowest BCUT2D eigenvalue weighted by Crippen LogP contribution is -2.36. The maximum Gasteiger partial charge on any atom is 0.417 e. The second-order valence-electron chi connectivity index (χ2n) is 5.68. The molecule has 0 aliphatic carbocycles. The van der Waals surface area contributed by atoms with Gasteiger partial charge in [-0.15, -0.1) is 0 Å². The van der Waals surface area contributed by atoms with Crippen molar-refractivity contribution in [3.05, 3.63) is 58.5 Å². The van der Waals surface area contributed by atoms with Gasteiger partial charge in [0.1, 0.15) is 11.6 Å². The van der Waals surface area contributed by atoms with Crippen molar-refractivity contribution >= 4 is 23.1 Å². The first-order valence-electron chi connectivity index (χ1n) is 7.55. The van der Waals surface area contributed by atoms with Gasteiger partial charge in [0.25, 0.3) is 0 Å². The van der Waals surface area contributed by atoms with Crippen LogP contribution >= 0.6 is 11.6 Å². The molecule has 0 spiro atoms. The van der Waals surface area contributed by atoms with Gasteiger partial charge in [0.15, 0.2) is 5.82 Å². The van der Waals surface area contributed by atoms with E-state index in [9.17, 15) is 17.6 Å². The first-order chi connectivity index (χ1) is 12.2. The van der Waals surface area contributed by atoms with Crippen molar-refractivity contribution in [3.8, 4) is 5.75 Å². The molecular formula is C17H14ClF4N3O. The van der Waals surface area contributed by atoms with Crippen LogP contribution in [0.3, 0.4) is 0 Å². The number of hydrogen-bond donors (Lipinski definition) is 1. The standard InChI is InChI=1S/C17H14ClF4N3O/c1-9-5-15(12-4-3-11(26-2)7-14(12)19)25(24-9)16-13(18)6-10(8-23-16)17(20,21)22/h3-9,24H,1-2H3. The zero-order chi connectivity index (χ0) is 19.1. The van der Waals surface area contributed by atoms with E-state index < -0.39 is 17.6 Å². The van der Waals surface area contributed by atoms with E-state index in [0.717, 1.165) is 6.07 Å². The van der Waals surface area contributed by atoms with Gasteiger partial charge < -0.3 is 4.74 Å². The number of methoxy groups -OCH3 is 1. The Hall–Kier alpha value is -2.32. The Morgan fingerprint density at radius 3 is 2.58 bits per heavy atom. The molecule has 1 aromatic heterocycles. The van der Waals surface area contributed by atoms with E-state index in [1.807, 2.05) is 0 Å². The molecule has 0 saturated carbocycles. The zero-order valence-corrected chi connectivity index (χ0v) is 14.5. The molecule has 1 N–H and O–H groups in total. The number of benzene rings is 1. The first-order valence-corrected chi connectivity index (χ1v) is 7.93. The molecule has 0 saturated heterocycles. The molecule has 138 valence electrons. The molecule has 4 nitrogen and oxygen atoms in total. The molecule has 0 bridgehead atoms. The summed E-state index contributed by atoms with van der Waals surface area (Å²) in [6.45, 7) is 1.80. The molecule has 0 fully saturated rings. The van der Waals surface area contributed by atoms with Crippen LogP contribution in [0.15, 0.2) is 36.5 Å². The molecule has 1 aliphatic heterocycles. The Kier molecular flexibility index (Phi) is 4.81. The van der Waals surface area contributed by atoms with E-state index in [4.69, 9.17) is 16.3 Å². The average Bonchev–Trinajstić information content (AvgIpc) is 2.95. The SMILES string of the molecule is COc1ccc(C2=CC(C)NN2c2ncc(C(F)(F)F)cc2Cl)c(F)c1. The number of alkyl halides is 3. The summed E-state index contributed by atoms with van der Waals surface area (Å²) >= 11 is 6.02. The minimum absolute atomic E-state index is 0.0467. The normalized spacial score (nSPS) is 17.4. The fourth-order valence-electron chi connectivity index (χ4n) is 2.59. The lowest BCUT2D eigenvalue weighted by atomic mass is 10.1. The van der Waals surface area contributed by atoms with Crippen molar-refractivity contribution in [2.75, 3.05) is 12.1 Å². The van der Waals surface area contributed by atoms with Crippen LogP contribution in [0, 0.1) is 5.82 Å². The van der Waals surface area contributed by atoms with E-state index in [-0.39, 0.29) is 22.4 Å². The van der Waals surface area contributed by atoms with Crippen LogP contribution in [-0.2, 0) is 6.18 Å². The van der Waals surface area contributed by atoms with Crippen molar-refractivity contribution in [2.45, 2.75) is 19.1 Å². The highest BCUT2D eigenvalue weighted by molar-refractivity contribution is 6.33. The summed E-state index contributed by atoms with van der Waals surface area (Å²) in [6.07, 6.45) is -2.14. The molecule has 1 unspecified atom stereocenters. The number of nitrogens with zero attached hydrogens (tertiary/aromatic N) is 2. The van der Waals surface area contributed by atoms with Crippen molar-refractivity contribution in [3.63, 3.8) is 0 Å². The van der Waals surface area contributed by atoms with Crippen LogP contribution in [0.2, 0.25) is 5.02 Å². The summed E-state index contributed by atoms with van der Waals surface area (Å²) in [4.78, 5) is 3.82. The van der Waals surface area contributed by atoms with E-state index in [1.54, 1.807) is 19.1 Å². The topological polar surface area (TPSA) is 37.4 Å². The highest BCUT2D eigenvalue weighted by Crippen LogP contribution is 2.37. The Labute approximate surface area is 152 Å². The van der Waals surface area contributed by atoms with Gasteiger partial charge in [0.2, 0.25) is 0 Å². The lowest BCUT2D eigenvalue weighted by Gasteiger charge is -2.24. The molecule has 0 radical (unpaired) electrons. The smallest absolute Gasteiger partial charge is 0.417 e. The summed E-state index contributed by atoms with van der Waals surface area (Å²) in [5.41, 5.74) is 2.66. The highest BCUT2D eigenvalue weighted by atomic mass is 35.5. The molecule has 1 aliphatic rings. The van der Waals surface area contributed by atoms with Gasteiger partial charge in [-0.3, -0.25) is 5.01 Å². The number of rotatable bonds is 3. The molecule has 1 atom stereocenters. The largest absolute Gasteiger partial charge is 0.497 e. The maximum atomic E-state index is 14.4. The van der Waals surface area contributed by atoms with Gasteiger partial charge in [-0.2, -0.15) is 13.2 Å². The minimum Gasteiger partial charge on any atom is -0.497 e. The lowest BCUT2D eigenvalue weighted by molar-refractivity contribution is -0.137. The number of hydrogen-bond acceptors (Lipinski definition) is 4. The summed E-state index contributed by atoms with van der Waals surface area (Å²) in [7, 11) is 1.42. The number of anilines is 1. The third-order valence-electron chi connectivity index (χ3n) is 3.79. The average molecular weight is 388 g/mol. The predicted molar refractivity (Wildman–Crippen MR) is 90.3 cm³/mol. The van der Waals surface area contributed by atoms with Crippen molar-refractivity contribution in [2.24, 2.45) is 0 Å². The van der Waals surface area contributed by atoms with Gasteiger partial charge in [-0.25, -0.2) is 14.8 Å². The predicted octanol–water partition coefficient (Wildman–Crippen LogP) is 4.66. The number of nitrogens with one attached hydrogen (secondary N) is 1. The summed E-state index contributed by atoms with van der Waals surface area (Å²) in [5, 5.41) is 1.17. The van der Waals surface area contributed by atoms with Gasteiger partial charge in [-0.05, 0) is 31.2 Å². The second kappa shape index (κ2) is 6.77. The van der Waals surface area contributed by atoms with Crippen LogP contribution in [-0.4, -0.2) is 18.1 Å². The fraction of sp³-hybridized carbons (Fsp3) is 0.235. The van der Waals surface area contributed by atoms with Crippen molar-refractivity contribution in [1.82, 2.24) is 10.4 Å². The summed E-state index contributed by atoms with van der Waals surface area (Å²) < 4.78 is 57.8. The summed E-state index contributed by atoms with van der Waals surface area (Å²) in [5.74, 6) is -0.145. The van der Waals surface area contributed by atoms with Gasteiger partial charge in [0.05, 0.1) is 23.4 Å². The van der Waals surface area contributed by atoms with Crippen LogP contribution < -0.4 is 15.2 Å². The molecule has 2 aromatic rings. The quantitative estimate of drug-likeness (QED) is 0.777. The molecule has 0 amide bonds. The van der Waals surface area contributed by atoms with Gasteiger partial charge >= 0.3 is 6.18 Å². The summed E-state index contributed by atoms with van der Waals surface area (Å²) in [6, 6.07) is 4.91. The van der Waals surface area contributed by atoms with Gasteiger partial charge in [-0.1, -0.05) is 11.6 Å². The minimum atomic E-state index is -4.55. The van der Waals surface area contributed by atoms with E-state index in [0.29, 0.717) is 17.6 Å². The van der Waals surface area contributed by atoms with E-state index in [1.165, 1.54) is 24.3 Å². The van der Waals surface area contributed by atoms with Crippen molar-refractivity contribution in [1.29, 1.82) is 0 Å². The molecule has 26 heavy (non-hydrogen) atoms. The first kappa shape index (κ1) is 18.5. The third-order valence-corrected chi connectivity index (χ3v) is 4.07. The van der Waals surface area contributed by atoms with Crippen LogP contribution in [0.25, 0.3) is 5.70 Å². The fourth-order valence-corrected chi connectivity index (χ4v) is 2.84. The Balaban J connectivity index is 2.02. The van der Waals surface area contributed by atoms with E-state index >= 15 is 0 Å². The maximum absolute atomic E-state index is 14.4. The molecule has 1 aromatic carbocycles. The van der Waals surface area contributed by atoms with Crippen molar-refractivity contribution < 1.29 is 22.3 Å². The number of halogens is 5. The van der Waals surface area contributed by atoms with E-state index in [2.05, 4.69) is 10.4 Å². The van der Waals surface area contributed by atoms with Crippen LogP contribution in [0.1, 0.15) is 18.1 Å². The number of aromatic nitrogens is 1. The molecular weight excluding hydrogens is 374 g/mol. The number of ether oxygens (including phenoxy) is 1. The molecule has 2 heterocycles. The van der Waals surface area contributed by atoms with Crippen LogP contribution in [0.5, 0.6) is 5.75 Å².